The summed E-state index contributed by atoms with van der Waals surface area (Å²) in [7, 11) is 0. The molecule has 94 valence electrons. The summed E-state index contributed by atoms with van der Waals surface area (Å²) in [5.74, 6) is 0. The van der Waals surface area contributed by atoms with Gasteiger partial charge in [-0.05, 0) is 48.9 Å². The van der Waals surface area contributed by atoms with Gasteiger partial charge in [0.1, 0.15) is 0 Å². The highest BCUT2D eigenvalue weighted by molar-refractivity contribution is 5.90. The van der Waals surface area contributed by atoms with Gasteiger partial charge in [-0.2, -0.15) is 5.26 Å². The van der Waals surface area contributed by atoms with Crippen LogP contribution in [0.1, 0.15) is 24.0 Å². The van der Waals surface area contributed by atoms with E-state index in [9.17, 15) is 4.79 Å². The molecule has 0 heterocycles. The number of hydrogen-bond donors (Lipinski definition) is 3. The Morgan fingerprint density at radius 3 is 2.78 bits per heavy atom. The lowest BCUT2D eigenvalue weighted by molar-refractivity contribution is 0.255. The molecule has 0 saturated carbocycles. The van der Waals surface area contributed by atoms with Gasteiger partial charge in [-0.25, -0.2) is 10.1 Å². The molecule has 1 aliphatic carbocycles. The van der Waals surface area contributed by atoms with Gasteiger partial charge >= 0.3 is 6.03 Å². The van der Waals surface area contributed by atoms with E-state index in [4.69, 9.17) is 11.0 Å². The molecule has 4 N–H and O–H groups in total. The van der Waals surface area contributed by atoms with Crippen LogP contribution < -0.4 is 16.4 Å². The zero-order chi connectivity index (χ0) is 13.0. The molecule has 0 spiro atoms. The summed E-state index contributed by atoms with van der Waals surface area (Å²) in [6.45, 7) is 0. The number of nitrogens with one attached hydrogen (secondary N) is 2. The van der Waals surface area contributed by atoms with Crippen LogP contribution in [0.3, 0.4) is 0 Å². The van der Waals surface area contributed by atoms with E-state index in [0.717, 1.165) is 25.7 Å². The van der Waals surface area contributed by atoms with E-state index >= 15 is 0 Å². The predicted octanol–water partition coefficient (Wildman–Crippen LogP) is 1.50. The summed E-state index contributed by atoms with van der Waals surface area (Å²) in [4.78, 5) is 11.2. The average Bonchev–Trinajstić information content (AvgIpc) is 2.52. The predicted molar refractivity (Wildman–Crippen MR) is 68.8 cm³/mol. The highest BCUT2D eigenvalue weighted by Gasteiger charge is 2.13. The molecule has 1 atom stereocenters. The zero-order valence-electron chi connectivity index (χ0n) is 10.1. The molecule has 5 heteroatoms. The van der Waals surface area contributed by atoms with Gasteiger partial charge in [0, 0.05) is 11.7 Å². The third-order valence-corrected chi connectivity index (χ3v) is 3.20. The molecular weight excluding hydrogens is 228 g/mol. The highest BCUT2D eigenvalue weighted by Crippen LogP contribution is 2.23. The smallest absolute Gasteiger partial charge is 0.328 e. The van der Waals surface area contributed by atoms with Crippen LogP contribution in [0.15, 0.2) is 18.2 Å². The highest BCUT2D eigenvalue weighted by atomic mass is 16.2. The Morgan fingerprint density at radius 2 is 2.06 bits per heavy atom. The molecule has 0 aromatic heterocycles. The molecule has 0 aliphatic heterocycles. The van der Waals surface area contributed by atoms with Crippen molar-refractivity contribution in [1.82, 2.24) is 5.32 Å². The van der Waals surface area contributed by atoms with E-state index < -0.39 is 6.03 Å². The van der Waals surface area contributed by atoms with Crippen LogP contribution in [0.2, 0.25) is 0 Å². The van der Waals surface area contributed by atoms with Gasteiger partial charge in [0.05, 0.1) is 0 Å². The van der Waals surface area contributed by atoms with Crippen LogP contribution in [-0.2, 0) is 12.8 Å². The quantitative estimate of drug-likeness (QED) is 0.397. The van der Waals surface area contributed by atoms with Crippen LogP contribution in [0, 0.1) is 11.5 Å². The van der Waals surface area contributed by atoms with Gasteiger partial charge in [0.15, 0.2) is 6.19 Å². The maximum Gasteiger partial charge on any atom is 0.332 e. The molecule has 1 aromatic carbocycles. The normalized spacial score (nSPS) is 18.1. The van der Waals surface area contributed by atoms with E-state index in [1.807, 2.05) is 23.5 Å². The molecule has 2 rings (SSSR count). The van der Waals surface area contributed by atoms with Crippen molar-refractivity contribution in [2.24, 2.45) is 5.73 Å². The Kier molecular flexibility index (Phi) is 3.80. The number of nitrogens with zero attached hydrogens (tertiary/aromatic N) is 1. The maximum absolute atomic E-state index is 11.2. The molecule has 2 amide bonds. The number of amides is 2. The van der Waals surface area contributed by atoms with E-state index in [-0.39, 0.29) is 6.04 Å². The Morgan fingerprint density at radius 1 is 1.33 bits per heavy atom. The number of carbonyl (C=O) groups is 1. The topological polar surface area (TPSA) is 90.9 Å². The van der Waals surface area contributed by atoms with E-state index in [1.165, 1.54) is 11.1 Å². The van der Waals surface area contributed by atoms with Crippen LogP contribution in [-0.4, -0.2) is 12.1 Å². The first-order chi connectivity index (χ1) is 8.69. The fourth-order valence-electron chi connectivity index (χ4n) is 2.22. The lowest BCUT2D eigenvalue weighted by atomic mass is 10.0. The molecule has 1 unspecified atom stereocenters. The Labute approximate surface area is 106 Å². The van der Waals surface area contributed by atoms with Crippen LogP contribution in [0.4, 0.5) is 10.5 Å². The molecular formula is C13H16N4O. The first-order valence-corrected chi connectivity index (χ1v) is 6.02. The SMILES string of the molecule is N#CNC(=O)Nc1ccc2c(c1)CCC(N)CC2. The summed E-state index contributed by atoms with van der Waals surface area (Å²) in [6.07, 6.45) is 5.49. The average molecular weight is 244 g/mol. The van der Waals surface area contributed by atoms with Crippen molar-refractivity contribution in [3.05, 3.63) is 29.3 Å². The second-order valence-corrected chi connectivity index (χ2v) is 4.51. The molecule has 1 aliphatic rings. The standard InChI is InChI=1S/C13H16N4O/c14-8-16-13(18)17-12-6-3-9-1-4-11(15)5-2-10(9)7-12/h3,6-7,11H,1-2,4-5,15H2,(H2,16,17,18). The van der Waals surface area contributed by atoms with Crippen LogP contribution in [0.5, 0.6) is 0 Å². The largest absolute Gasteiger partial charge is 0.332 e. The number of carbonyl (C=O) groups excluding carboxylic acids is 1. The van der Waals surface area contributed by atoms with Gasteiger partial charge in [0.25, 0.3) is 0 Å². The number of fused-ring (bicyclic) bond motifs is 1. The van der Waals surface area contributed by atoms with Crippen LogP contribution in [0.25, 0.3) is 0 Å². The maximum atomic E-state index is 11.2. The first kappa shape index (κ1) is 12.4. The Hall–Kier alpha value is -2.06. The van der Waals surface area contributed by atoms with Gasteiger partial charge < -0.3 is 11.1 Å². The lowest BCUT2D eigenvalue weighted by Crippen LogP contribution is -2.24. The molecule has 0 radical (unpaired) electrons. The fraction of sp³-hybridized carbons (Fsp3) is 0.385. The summed E-state index contributed by atoms with van der Waals surface area (Å²) in [5, 5.41) is 13.0. The zero-order valence-corrected chi connectivity index (χ0v) is 10.1. The third kappa shape index (κ3) is 2.99. The van der Waals surface area contributed by atoms with Gasteiger partial charge in [-0.3, -0.25) is 0 Å². The van der Waals surface area contributed by atoms with E-state index in [0.29, 0.717) is 5.69 Å². The Balaban J connectivity index is 2.12. The van der Waals surface area contributed by atoms with E-state index in [1.54, 1.807) is 6.19 Å². The minimum Gasteiger partial charge on any atom is -0.328 e. The number of rotatable bonds is 1. The minimum atomic E-state index is -0.511. The van der Waals surface area contributed by atoms with Crippen molar-refractivity contribution in [1.29, 1.82) is 5.26 Å². The summed E-state index contributed by atoms with van der Waals surface area (Å²) in [6, 6.07) is 5.59. The number of benzene rings is 1. The Bertz CT molecular complexity index is 492. The van der Waals surface area contributed by atoms with Crippen molar-refractivity contribution < 1.29 is 4.79 Å². The van der Waals surface area contributed by atoms with Gasteiger partial charge in [0.2, 0.25) is 0 Å². The van der Waals surface area contributed by atoms with Crippen LogP contribution >= 0.6 is 0 Å². The molecule has 0 bridgehead atoms. The molecule has 5 nitrogen and oxygen atoms in total. The minimum absolute atomic E-state index is 0.260. The number of nitrogens with two attached hydrogens (primary N) is 1. The van der Waals surface area contributed by atoms with Crippen molar-refractivity contribution in [3.63, 3.8) is 0 Å². The second-order valence-electron chi connectivity index (χ2n) is 4.51. The second kappa shape index (κ2) is 5.52. The number of anilines is 1. The lowest BCUT2D eigenvalue weighted by Gasteiger charge is -2.09. The molecule has 0 saturated heterocycles. The summed E-state index contributed by atoms with van der Waals surface area (Å²) < 4.78 is 0. The number of hydrogen-bond acceptors (Lipinski definition) is 3. The number of aryl methyl sites for hydroxylation is 2. The molecule has 18 heavy (non-hydrogen) atoms. The number of nitriles is 1. The van der Waals surface area contributed by atoms with Crippen molar-refractivity contribution in [3.8, 4) is 6.19 Å². The third-order valence-electron chi connectivity index (χ3n) is 3.20. The van der Waals surface area contributed by atoms with Gasteiger partial charge in [-0.15, -0.1) is 0 Å². The molecule has 0 fully saturated rings. The van der Waals surface area contributed by atoms with Gasteiger partial charge in [-0.1, -0.05) is 6.07 Å². The summed E-state index contributed by atoms with van der Waals surface area (Å²) in [5.41, 5.74) is 9.20. The monoisotopic (exact) mass is 244 g/mol. The fourth-order valence-corrected chi connectivity index (χ4v) is 2.22. The first-order valence-electron chi connectivity index (χ1n) is 6.02. The number of urea groups is 1. The summed E-state index contributed by atoms with van der Waals surface area (Å²) >= 11 is 0. The van der Waals surface area contributed by atoms with Crippen molar-refractivity contribution >= 4 is 11.7 Å². The van der Waals surface area contributed by atoms with Crippen molar-refractivity contribution in [2.45, 2.75) is 31.7 Å². The molecule has 1 aromatic rings. The van der Waals surface area contributed by atoms with Crippen molar-refractivity contribution in [2.75, 3.05) is 5.32 Å². The van der Waals surface area contributed by atoms with E-state index in [2.05, 4.69) is 5.32 Å².